The number of carboxylic acids is 1. The molecular weight excluding hydrogens is 316 g/mol. The van der Waals surface area contributed by atoms with Gasteiger partial charge in [0.15, 0.2) is 0 Å². The monoisotopic (exact) mass is 326 g/mol. The van der Waals surface area contributed by atoms with Crippen molar-refractivity contribution in [2.45, 2.75) is 4.90 Å². The number of hydrogen-bond acceptors (Lipinski definition) is 5. The first-order chi connectivity index (χ1) is 11.0. The van der Waals surface area contributed by atoms with E-state index in [0.717, 1.165) is 6.07 Å². The Morgan fingerprint density at radius 1 is 1.04 bits per heavy atom. The Bertz CT molecular complexity index is 994. The van der Waals surface area contributed by atoms with Crippen molar-refractivity contribution in [2.75, 3.05) is 0 Å². The van der Waals surface area contributed by atoms with E-state index in [4.69, 9.17) is 0 Å². The summed E-state index contributed by atoms with van der Waals surface area (Å²) in [5.41, 5.74) is 0.187. The molecule has 0 aliphatic rings. The van der Waals surface area contributed by atoms with Crippen molar-refractivity contribution < 1.29 is 18.3 Å². The minimum atomic E-state index is -4.03. The number of carboxylic acid groups (broad SMARTS) is 1. The standard InChI is InChI=1S/C16H11N2O4S/c19-16(20)12-5-1-7-13(10-12)18-23(21,22)14-8-2-4-11-6-3-9-17-15(11)14/h1-10H,(H,19,20)/q-1/p-1. The lowest BCUT2D eigenvalue weighted by atomic mass is 10.2. The summed E-state index contributed by atoms with van der Waals surface area (Å²) in [6, 6.07) is 13.5. The van der Waals surface area contributed by atoms with E-state index in [1.54, 1.807) is 24.3 Å². The summed E-state index contributed by atoms with van der Waals surface area (Å²) >= 11 is 0. The van der Waals surface area contributed by atoms with Crippen molar-refractivity contribution in [3.05, 3.63) is 71.1 Å². The molecule has 0 aliphatic carbocycles. The van der Waals surface area contributed by atoms with Gasteiger partial charge < -0.3 is 14.6 Å². The molecule has 3 rings (SSSR count). The molecule has 7 heteroatoms. The maximum atomic E-state index is 12.5. The predicted octanol–water partition coefficient (Wildman–Crippen LogP) is 1.99. The molecule has 0 aliphatic heterocycles. The molecule has 0 N–H and O–H groups in total. The number of carbonyl (C=O) groups is 1. The average molecular weight is 326 g/mol. The second-order valence-corrected chi connectivity index (χ2v) is 6.31. The number of sulfonamides is 1. The number of pyridine rings is 1. The van der Waals surface area contributed by atoms with Crippen LogP contribution < -0.4 is 5.11 Å². The highest BCUT2D eigenvalue weighted by molar-refractivity contribution is 7.94. The van der Waals surface area contributed by atoms with Gasteiger partial charge in [-0.25, -0.2) is 8.42 Å². The summed E-state index contributed by atoms with van der Waals surface area (Å²) in [5.74, 6) is -1.40. The molecule has 1 aromatic heterocycles. The van der Waals surface area contributed by atoms with Gasteiger partial charge in [-0.1, -0.05) is 42.5 Å². The van der Waals surface area contributed by atoms with Crippen molar-refractivity contribution in [1.29, 1.82) is 0 Å². The van der Waals surface area contributed by atoms with Crippen LogP contribution >= 0.6 is 0 Å². The maximum absolute atomic E-state index is 12.5. The molecule has 2 aromatic carbocycles. The van der Waals surface area contributed by atoms with Crippen molar-refractivity contribution >= 4 is 32.6 Å². The van der Waals surface area contributed by atoms with Gasteiger partial charge in [-0.3, -0.25) is 4.98 Å². The molecule has 3 aromatic rings. The van der Waals surface area contributed by atoms with Gasteiger partial charge in [0.2, 0.25) is 0 Å². The van der Waals surface area contributed by atoms with Gasteiger partial charge in [0.05, 0.1) is 16.4 Å². The van der Waals surface area contributed by atoms with Gasteiger partial charge in [0.25, 0.3) is 0 Å². The first kappa shape index (κ1) is 15.0. The van der Waals surface area contributed by atoms with Gasteiger partial charge in [0.1, 0.15) is 10.0 Å². The average Bonchev–Trinajstić information content (AvgIpc) is 2.54. The molecule has 0 amide bonds. The molecule has 0 atom stereocenters. The summed E-state index contributed by atoms with van der Waals surface area (Å²) in [7, 11) is -4.03. The molecule has 0 bridgehead atoms. The number of aromatic nitrogens is 1. The zero-order valence-electron chi connectivity index (χ0n) is 11.7. The Labute approximate surface area is 132 Å². The summed E-state index contributed by atoms with van der Waals surface area (Å²) in [4.78, 5) is 14.9. The molecule has 23 heavy (non-hydrogen) atoms. The lowest BCUT2D eigenvalue weighted by Crippen LogP contribution is -2.21. The fraction of sp³-hybridized carbons (Fsp3) is 0. The molecular formula is C16H10N2O4S-2. The Morgan fingerprint density at radius 3 is 2.57 bits per heavy atom. The van der Waals surface area contributed by atoms with Crippen LogP contribution in [0.5, 0.6) is 0 Å². The van der Waals surface area contributed by atoms with E-state index >= 15 is 0 Å². The third-order valence-corrected chi connectivity index (χ3v) is 4.52. The molecule has 0 fully saturated rings. The molecule has 0 unspecified atom stereocenters. The quantitative estimate of drug-likeness (QED) is 0.729. The van der Waals surface area contributed by atoms with Crippen molar-refractivity contribution in [1.82, 2.24) is 4.98 Å². The van der Waals surface area contributed by atoms with E-state index in [9.17, 15) is 18.3 Å². The Morgan fingerprint density at radius 2 is 1.78 bits per heavy atom. The third kappa shape index (κ3) is 3.00. The van der Waals surface area contributed by atoms with Crippen LogP contribution in [-0.4, -0.2) is 19.4 Å². The zero-order chi connectivity index (χ0) is 16.4. The molecule has 0 spiro atoms. The predicted molar refractivity (Wildman–Crippen MR) is 82.7 cm³/mol. The highest BCUT2D eigenvalue weighted by atomic mass is 32.2. The van der Waals surface area contributed by atoms with Crippen LogP contribution in [0.3, 0.4) is 0 Å². The van der Waals surface area contributed by atoms with Gasteiger partial charge in [-0.2, -0.15) is 0 Å². The highest BCUT2D eigenvalue weighted by Crippen LogP contribution is 2.31. The molecule has 0 saturated carbocycles. The summed E-state index contributed by atoms with van der Waals surface area (Å²) in [5, 5.41) is 11.5. The number of hydrogen-bond donors (Lipinski definition) is 0. The molecule has 6 nitrogen and oxygen atoms in total. The van der Waals surface area contributed by atoms with Gasteiger partial charge in [0, 0.05) is 11.6 Å². The smallest absolute Gasteiger partial charge is 0.125 e. The molecule has 1 heterocycles. The number of para-hydroxylation sites is 1. The lowest BCUT2D eigenvalue weighted by Gasteiger charge is -2.23. The van der Waals surface area contributed by atoms with Crippen molar-refractivity contribution in [2.24, 2.45) is 0 Å². The number of rotatable bonds is 4. The Balaban J connectivity index is 2.05. The first-order valence-electron chi connectivity index (χ1n) is 6.60. The second-order valence-electron chi connectivity index (χ2n) is 4.74. The van der Waals surface area contributed by atoms with Crippen LogP contribution in [0, 0.1) is 0 Å². The van der Waals surface area contributed by atoms with Crippen LogP contribution in [-0.2, 0) is 10.0 Å². The Kier molecular flexibility index (Phi) is 3.71. The largest absolute Gasteiger partial charge is 0.573 e. The van der Waals surface area contributed by atoms with E-state index in [2.05, 4.69) is 9.71 Å². The molecule has 116 valence electrons. The van der Waals surface area contributed by atoms with Crippen LogP contribution in [0.25, 0.3) is 15.6 Å². The normalized spacial score (nSPS) is 11.3. The van der Waals surface area contributed by atoms with Crippen molar-refractivity contribution in [3.63, 3.8) is 0 Å². The summed E-state index contributed by atoms with van der Waals surface area (Å²) < 4.78 is 28.7. The highest BCUT2D eigenvalue weighted by Gasteiger charge is 2.10. The summed E-state index contributed by atoms with van der Waals surface area (Å²) in [6.45, 7) is 0. The minimum absolute atomic E-state index is 0.0136. The van der Waals surface area contributed by atoms with Crippen LogP contribution in [0.1, 0.15) is 10.4 Å². The van der Waals surface area contributed by atoms with Gasteiger partial charge in [-0.05, 0) is 17.7 Å². The van der Waals surface area contributed by atoms with E-state index in [0.29, 0.717) is 10.9 Å². The number of carbonyl (C=O) groups excluding carboxylic acids is 1. The van der Waals surface area contributed by atoms with E-state index in [1.165, 1.54) is 30.5 Å². The third-order valence-electron chi connectivity index (χ3n) is 3.18. The van der Waals surface area contributed by atoms with Crippen LogP contribution in [0.2, 0.25) is 0 Å². The molecule has 0 saturated heterocycles. The zero-order valence-corrected chi connectivity index (χ0v) is 12.5. The second kappa shape index (κ2) is 5.69. The number of aromatic carboxylic acids is 1. The van der Waals surface area contributed by atoms with E-state index in [1.807, 2.05) is 0 Å². The fourth-order valence-corrected chi connectivity index (χ4v) is 3.32. The van der Waals surface area contributed by atoms with E-state index in [-0.39, 0.29) is 16.1 Å². The number of fused-ring (bicyclic) bond motifs is 1. The van der Waals surface area contributed by atoms with E-state index < -0.39 is 16.0 Å². The SMILES string of the molecule is O=C([O-])c1cccc([N-]S(=O)(=O)c2cccc3cccnc23)c1. The number of benzene rings is 2. The number of nitrogens with zero attached hydrogens (tertiary/aromatic N) is 2. The fourth-order valence-electron chi connectivity index (χ4n) is 2.16. The van der Waals surface area contributed by atoms with Crippen LogP contribution in [0.15, 0.2) is 65.7 Å². The van der Waals surface area contributed by atoms with Crippen LogP contribution in [0.4, 0.5) is 5.69 Å². The molecule has 0 radical (unpaired) electrons. The maximum Gasteiger partial charge on any atom is 0.125 e. The summed E-state index contributed by atoms with van der Waals surface area (Å²) in [6.07, 6.45) is 1.50. The topological polar surface area (TPSA) is 101 Å². The first-order valence-corrected chi connectivity index (χ1v) is 8.04. The van der Waals surface area contributed by atoms with Crippen molar-refractivity contribution in [3.8, 4) is 0 Å². The lowest BCUT2D eigenvalue weighted by molar-refractivity contribution is -0.255. The Hall–Kier alpha value is -2.93. The minimum Gasteiger partial charge on any atom is -0.573 e. The van der Waals surface area contributed by atoms with Gasteiger partial charge in [-0.15, -0.1) is 5.69 Å². The van der Waals surface area contributed by atoms with Gasteiger partial charge >= 0.3 is 0 Å².